The van der Waals surface area contributed by atoms with Crippen LogP contribution in [0.15, 0.2) is 42.6 Å². The molecule has 2 unspecified atom stereocenters. The number of hydrogen-bond donors (Lipinski definition) is 2. The van der Waals surface area contributed by atoms with E-state index >= 15 is 0 Å². The van der Waals surface area contributed by atoms with Gasteiger partial charge < -0.3 is 24.5 Å². The minimum Gasteiger partial charge on any atom is -0.496 e. The summed E-state index contributed by atoms with van der Waals surface area (Å²) >= 11 is 0. The number of carbonyl (C=O) groups is 2. The van der Waals surface area contributed by atoms with E-state index in [0.717, 1.165) is 66.7 Å². The molecule has 2 aliphatic heterocycles. The Balaban J connectivity index is 1.27. The first-order valence-corrected chi connectivity index (χ1v) is 14.3. The van der Waals surface area contributed by atoms with Crippen molar-refractivity contribution in [2.75, 3.05) is 33.4 Å². The molecule has 1 saturated carbocycles. The molecule has 3 aliphatic rings. The molecule has 1 spiro atoms. The molecule has 214 valence electrons. The van der Waals surface area contributed by atoms with Crippen molar-refractivity contribution in [1.29, 1.82) is 5.26 Å². The van der Waals surface area contributed by atoms with Crippen molar-refractivity contribution in [3.8, 4) is 11.8 Å². The molecule has 1 amide bonds. The number of nitrogens with zero attached hydrogens (tertiary/aromatic N) is 3. The van der Waals surface area contributed by atoms with Crippen LogP contribution in [0.4, 0.5) is 0 Å². The Morgan fingerprint density at radius 3 is 2.68 bits per heavy atom. The number of piperidine rings is 1. The number of nitrogens with one attached hydrogen (secondary N) is 1. The number of amides is 1. The summed E-state index contributed by atoms with van der Waals surface area (Å²) in [7, 11) is 1.72. The number of carboxylic acids is 1. The van der Waals surface area contributed by atoms with Gasteiger partial charge in [-0.25, -0.2) is 4.79 Å². The number of carboxylic acid groups (broad SMARTS) is 1. The number of ether oxygens (including phenoxy) is 2. The lowest BCUT2D eigenvalue weighted by atomic mass is 9.56. The molecule has 3 fully saturated rings. The van der Waals surface area contributed by atoms with Crippen LogP contribution in [-0.2, 0) is 16.1 Å². The Labute approximate surface area is 239 Å². The van der Waals surface area contributed by atoms with E-state index in [2.05, 4.69) is 35.0 Å². The highest BCUT2D eigenvalue weighted by atomic mass is 16.5. The van der Waals surface area contributed by atoms with Gasteiger partial charge in [0.1, 0.15) is 5.75 Å². The zero-order valence-corrected chi connectivity index (χ0v) is 23.6. The first-order valence-electron chi connectivity index (χ1n) is 14.3. The molecule has 41 heavy (non-hydrogen) atoms. The number of likely N-dealkylation sites (tertiary alicyclic amines) is 1. The molecule has 1 aliphatic carbocycles. The van der Waals surface area contributed by atoms with Gasteiger partial charge in [0.25, 0.3) is 5.91 Å². The first kappa shape index (κ1) is 27.3. The number of hydrogen-bond acceptors (Lipinski definition) is 6. The highest BCUT2D eigenvalue weighted by molar-refractivity contribution is 5.94. The summed E-state index contributed by atoms with van der Waals surface area (Å²) in [6.45, 7) is 4.35. The maximum Gasteiger partial charge on any atom is 0.334 e. The Bertz CT molecular complexity index is 1500. The van der Waals surface area contributed by atoms with Crippen molar-refractivity contribution in [3.05, 3.63) is 64.8 Å². The van der Waals surface area contributed by atoms with E-state index in [1.807, 2.05) is 30.5 Å². The van der Waals surface area contributed by atoms with Crippen LogP contribution in [0.2, 0.25) is 0 Å². The highest BCUT2D eigenvalue weighted by Crippen LogP contribution is 2.56. The summed E-state index contributed by atoms with van der Waals surface area (Å²) in [5.41, 5.74) is 5.29. The summed E-state index contributed by atoms with van der Waals surface area (Å²) in [6, 6.07) is 14.6. The van der Waals surface area contributed by atoms with Gasteiger partial charge in [-0.2, -0.15) is 5.26 Å². The van der Waals surface area contributed by atoms with E-state index in [1.165, 1.54) is 5.39 Å². The largest absolute Gasteiger partial charge is 0.496 e. The van der Waals surface area contributed by atoms with Crippen LogP contribution in [0.25, 0.3) is 10.9 Å². The van der Waals surface area contributed by atoms with Crippen molar-refractivity contribution in [2.45, 2.75) is 51.3 Å². The number of fused-ring (bicyclic) bond motifs is 1. The first-order chi connectivity index (χ1) is 19.8. The number of aliphatic carboxylic acids is 1. The topological polar surface area (TPSA) is 119 Å². The molecule has 6 rings (SSSR count). The average molecular weight is 557 g/mol. The Kier molecular flexibility index (Phi) is 7.22. The number of benzene rings is 2. The fourth-order valence-corrected chi connectivity index (χ4v) is 7.14. The summed E-state index contributed by atoms with van der Waals surface area (Å²) in [5.74, 6) is -0.214. The van der Waals surface area contributed by atoms with Gasteiger partial charge in [0.05, 0.1) is 26.3 Å². The minimum atomic E-state index is -1.05. The van der Waals surface area contributed by atoms with Crippen LogP contribution >= 0.6 is 0 Å². The predicted octanol–water partition coefficient (Wildman–Crippen LogP) is 4.67. The molecule has 2 N–H and O–H groups in total. The van der Waals surface area contributed by atoms with Gasteiger partial charge in [0.2, 0.25) is 0 Å². The Morgan fingerprint density at radius 2 is 1.98 bits per heavy atom. The van der Waals surface area contributed by atoms with Gasteiger partial charge in [0, 0.05) is 53.3 Å². The van der Waals surface area contributed by atoms with Crippen LogP contribution in [0.1, 0.15) is 58.8 Å². The molecule has 0 bridgehead atoms. The second-order valence-corrected chi connectivity index (χ2v) is 11.9. The number of aromatic amines is 1. The number of morpholine rings is 1. The summed E-state index contributed by atoms with van der Waals surface area (Å²) in [4.78, 5) is 32.0. The standard InChI is InChI=1S/C32H36N4O5/c1-20-13-27(40-2)25(24-7-9-34-29(20)24)18-35-10-8-32(14-21(15-32)17-33)16-26(35)22-3-5-23(6-4-22)30(37)36-11-12-41-28(19-36)31(38)39/h3-7,9,13,21,26,28,34H,8,10-12,14-16,18-19H2,1-2H3,(H,38,39). The SMILES string of the molecule is COc1cc(C)c2[nH]ccc2c1CN1CCC2(CC(C#N)C2)CC1c1ccc(C(=O)N2CCOC(C(=O)O)C2)cc1. The van der Waals surface area contributed by atoms with Crippen LogP contribution < -0.4 is 4.74 Å². The lowest BCUT2D eigenvalue weighted by molar-refractivity contribution is -0.154. The second-order valence-electron chi connectivity index (χ2n) is 11.9. The Hall–Kier alpha value is -3.87. The molecule has 3 heterocycles. The van der Waals surface area contributed by atoms with Crippen molar-refractivity contribution >= 4 is 22.8 Å². The van der Waals surface area contributed by atoms with E-state index in [1.54, 1.807) is 12.0 Å². The van der Waals surface area contributed by atoms with Crippen LogP contribution in [0, 0.1) is 29.6 Å². The maximum absolute atomic E-state index is 13.2. The number of methoxy groups -OCH3 is 1. The van der Waals surface area contributed by atoms with E-state index in [0.29, 0.717) is 12.1 Å². The molecule has 1 aromatic heterocycles. The molecular weight excluding hydrogens is 520 g/mol. The van der Waals surface area contributed by atoms with Crippen LogP contribution in [-0.4, -0.2) is 71.2 Å². The van der Waals surface area contributed by atoms with Crippen LogP contribution in [0.3, 0.4) is 0 Å². The zero-order chi connectivity index (χ0) is 28.7. The third-order valence-electron chi connectivity index (χ3n) is 9.40. The van der Waals surface area contributed by atoms with Crippen molar-refractivity contribution in [2.24, 2.45) is 11.3 Å². The highest BCUT2D eigenvalue weighted by Gasteiger charge is 2.49. The summed E-state index contributed by atoms with van der Waals surface area (Å²) in [5, 5.41) is 20.0. The molecular formula is C32H36N4O5. The molecule has 9 nitrogen and oxygen atoms in total. The lowest BCUT2D eigenvalue weighted by Crippen LogP contribution is -2.48. The van der Waals surface area contributed by atoms with Gasteiger partial charge in [-0.1, -0.05) is 12.1 Å². The number of carbonyl (C=O) groups excluding carboxylic acids is 1. The summed E-state index contributed by atoms with van der Waals surface area (Å²) in [6.07, 6.45) is 4.90. The van der Waals surface area contributed by atoms with E-state index in [4.69, 9.17) is 9.47 Å². The lowest BCUT2D eigenvalue weighted by Gasteiger charge is -2.53. The van der Waals surface area contributed by atoms with Crippen molar-refractivity contribution < 1.29 is 24.2 Å². The second kappa shape index (κ2) is 10.8. The van der Waals surface area contributed by atoms with E-state index < -0.39 is 12.1 Å². The van der Waals surface area contributed by atoms with Crippen molar-refractivity contribution in [3.63, 3.8) is 0 Å². The molecule has 0 radical (unpaired) electrons. The van der Waals surface area contributed by atoms with Crippen molar-refractivity contribution in [1.82, 2.24) is 14.8 Å². The molecule has 3 aromatic rings. The average Bonchev–Trinajstić information content (AvgIpc) is 3.48. The molecule has 2 saturated heterocycles. The molecule has 2 aromatic carbocycles. The number of aromatic nitrogens is 1. The third-order valence-corrected chi connectivity index (χ3v) is 9.40. The summed E-state index contributed by atoms with van der Waals surface area (Å²) < 4.78 is 11.1. The monoisotopic (exact) mass is 556 g/mol. The predicted molar refractivity (Wildman–Crippen MR) is 152 cm³/mol. The van der Waals surface area contributed by atoms with E-state index in [9.17, 15) is 20.0 Å². The number of aryl methyl sites for hydroxylation is 1. The smallest absolute Gasteiger partial charge is 0.334 e. The Morgan fingerprint density at radius 1 is 1.20 bits per heavy atom. The van der Waals surface area contributed by atoms with Gasteiger partial charge in [-0.15, -0.1) is 0 Å². The third kappa shape index (κ3) is 5.07. The maximum atomic E-state index is 13.2. The normalized spacial score (nSPS) is 26.5. The minimum absolute atomic E-state index is 0.0426. The quantitative estimate of drug-likeness (QED) is 0.453. The number of H-pyrrole nitrogens is 1. The van der Waals surface area contributed by atoms with E-state index in [-0.39, 0.29) is 36.4 Å². The van der Waals surface area contributed by atoms with Gasteiger partial charge in [0.15, 0.2) is 6.10 Å². The van der Waals surface area contributed by atoms with Gasteiger partial charge in [-0.3, -0.25) is 9.69 Å². The molecule has 9 heteroatoms. The zero-order valence-electron chi connectivity index (χ0n) is 23.6. The van der Waals surface area contributed by atoms with Crippen LogP contribution in [0.5, 0.6) is 5.75 Å². The fourth-order valence-electron chi connectivity index (χ4n) is 7.14. The fraction of sp³-hybridized carbons (Fsp3) is 0.469. The van der Waals surface area contributed by atoms with Gasteiger partial charge in [-0.05, 0) is 80.0 Å². The number of rotatable bonds is 6. The number of nitriles is 1. The van der Waals surface area contributed by atoms with Gasteiger partial charge >= 0.3 is 5.97 Å². The molecule has 2 atom stereocenters.